The van der Waals surface area contributed by atoms with Gasteiger partial charge in [-0.25, -0.2) is 12.8 Å². The van der Waals surface area contributed by atoms with Crippen molar-refractivity contribution >= 4 is 27.5 Å². The first-order valence-electron chi connectivity index (χ1n) is 13.6. The van der Waals surface area contributed by atoms with Crippen LogP contribution < -0.4 is 14.4 Å². The highest BCUT2D eigenvalue weighted by molar-refractivity contribution is 7.92. The molecule has 4 aromatic carbocycles. The lowest BCUT2D eigenvalue weighted by atomic mass is 10.0. The molecule has 4 rings (SSSR count). The van der Waals surface area contributed by atoms with E-state index in [0.717, 1.165) is 33.1 Å². The lowest BCUT2D eigenvalue weighted by Gasteiger charge is -2.33. The average Bonchev–Trinajstić information content (AvgIpc) is 3.02. The van der Waals surface area contributed by atoms with E-state index < -0.39 is 40.2 Å². The molecule has 224 valence electrons. The molecule has 10 heteroatoms. The Labute approximate surface area is 251 Å². The van der Waals surface area contributed by atoms with Crippen molar-refractivity contribution in [3.63, 3.8) is 0 Å². The molecule has 0 heterocycles. The van der Waals surface area contributed by atoms with Crippen molar-refractivity contribution in [2.45, 2.75) is 30.8 Å². The number of likely N-dealkylation sites (N-methyl/N-ethyl adjacent to an activating group) is 1. The van der Waals surface area contributed by atoms with E-state index >= 15 is 0 Å². The summed E-state index contributed by atoms with van der Waals surface area (Å²) in [5, 5.41) is 2.66. The molecule has 0 aliphatic heterocycles. The van der Waals surface area contributed by atoms with Gasteiger partial charge in [-0.2, -0.15) is 0 Å². The zero-order valence-electron chi connectivity index (χ0n) is 24.2. The highest BCUT2D eigenvalue weighted by Crippen LogP contribution is 2.26. The predicted octanol–water partition coefficient (Wildman–Crippen LogP) is 4.72. The molecule has 8 nitrogen and oxygen atoms in total. The minimum atomic E-state index is -4.30. The Morgan fingerprint density at radius 3 is 2.14 bits per heavy atom. The lowest BCUT2D eigenvalue weighted by molar-refractivity contribution is -0.139. The number of methoxy groups -OCH3 is 1. The molecule has 4 aromatic rings. The maximum absolute atomic E-state index is 14.3. The minimum absolute atomic E-state index is 0.0608. The third kappa shape index (κ3) is 7.78. The van der Waals surface area contributed by atoms with Crippen LogP contribution in [0.3, 0.4) is 0 Å². The number of carbonyl (C=O) groups excluding carboxylic acids is 2. The van der Waals surface area contributed by atoms with Crippen LogP contribution in [0.4, 0.5) is 10.1 Å². The summed E-state index contributed by atoms with van der Waals surface area (Å²) < 4.78 is 47.9. The summed E-state index contributed by atoms with van der Waals surface area (Å²) in [5.74, 6) is -1.09. The first kappa shape index (κ1) is 31.2. The third-order valence-electron chi connectivity index (χ3n) is 6.99. The van der Waals surface area contributed by atoms with Gasteiger partial charge in [0.05, 0.1) is 17.7 Å². The van der Waals surface area contributed by atoms with Crippen molar-refractivity contribution in [3.05, 3.63) is 126 Å². The number of rotatable bonds is 12. The van der Waals surface area contributed by atoms with Crippen LogP contribution in [0.25, 0.3) is 0 Å². The average molecular weight is 604 g/mol. The first-order chi connectivity index (χ1) is 20.6. The Bertz CT molecular complexity index is 1650. The van der Waals surface area contributed by atoms with Crippen LogP contribution >= 0.6 is 0 Å². The smallest absolute Gasteiger partial charge is 0.264 e. The van der Waals surface area contributed by atoms with Gasteiger partial charge in [0.25, 0.3) is 10.0 Å². The maximum Gasteiger partial charge on any atom is 0.264 e. The van der Waals surface area contributed by atoms with E-state index in [-0.39, 0.29) is 23.5 Å². The monoisotopic (exact) mass is 603 g/mol. The quantitative estimate of drug-likeness (QED) is 0.253. The number of aryl methyl sites for hydroxylation is 1. The second-order valence-corrected chi connectivity index (χ2v) is 11.9. The van der Waals surface area contributed by atoms with Crippen molar-refractivity contribution in [3.8, 4) is 5.75 Å². The molecule has 1 N–H and O–H groups in total. The fraction of sp³-hybridized carbons (Fsp3) is 0.212. The zero-order valence-corrected chi connectivity index (χ0v) is 25.1. The molecule has 0 saturated carbocycles. The molecule has 0 spiro atoms. The van der Waals surface area contributed by atoms with E-state index in [2.05, 4.69) is 5.32 Å². The van der Waals surface area contributed by atoms with Crippen LogP contribution in [0.15, 0.2) is 108 Å². The van der Waals surface area contributed by atoms with Gasteiger partial charge in [-0.3, -0.25) is 13.9 Å². The van der Waals surface area contributed by atoms with E-state index in [9.17, 15) is 22.4 Å². The molecule has 2 amide bonds. The highest BCUT2D eigenvalue weighted by atomic mass is 32.2. The fourth-order valence-corrected chi connectivity index (χ4v) is 6.15. The lowest BCUT2D eigenvalue weighted by Crippen LogP contribution is -2.53. The van der Waals surface area contributed by atoms with Crippen LogP contribution in [0, 0.1) is 12.7 Å². The van der Waals surface area contributed by atoms with Gasteiger partial charge in [-0.15, -0.1) is 0 Å². The Balaban J connectivity index is 1.78. The van der Waals surface area contributed by atoms with Gasteiger partial charge in [0.15, 0.2) is 0 Å². The number of hydrogen-bond donors (Lipinski definition) is 1. The van der Waals surface area contributed by atoms with Crippen LogP contribution in [0.1, 0.15) is 16.7 Å². The standard InChI is InChI=1S/C33H34FN3O5S/c1-24-8-7-11-26(20-24)22-36(31(33(39)35-2)21-25-9-5-4-6-10-25)32(38)23-37(28-14-12-27(34)13-15-28)43(40,41)30-18-16-29(42-3)17-19-30/h4-20,31H,21-23H2,1-3H3,(H,35,39)/t31-/m0/s1. The van der Waals surface area contributed by atoms with Crippen LogP contribution in [-0.4, -0.2) is 51.9 Å². The van der Waals surface area contributed by atoms with E-state index in [1.807, 2.05) is 61.5 Å². The number of amides is 2. The summed E-state index contributed by atoms with van der Waals surface area (Å²) >= 11 is 0. The number of nitrogens with zero attached hydrogens (tertiary/aromatic N) is 2. The number of carbonyl (C=O) groups is 2. The van der Waals surface area contributed by atoms with Crippen LogP contribution in [0.5, 0.6) is 5.75 Å². The summed E-state index contributed by atoms with van der Waals surface area (Å²) in [6.07, 6.45) is 0.208. The van der Waals surface area contributed by atoms with E-state index in [4.69, 9.17) is 4.74 Å². The zero-order chi connectivity index (χ0) is 31.0. The van der Waals surface area contributed by atoms with E-state index in [1.165, 1.54) is 55.5 Å². The molecule has 0 aromatic heterocycles. The molecular weight excluding hydrogens is 569 g/mol. The van der Waals surface area contributed by atoms with Gasteiger partial charge in [-0.1, -0.05) is 60.2 Å². The number of ether oxygens (including phenoxy) is 1. The Kier molecular flexibility index (Phi) is 10.2. The fourth-order valence-electron chi connectivity index (χ4n) is 4.74. The van der Waals surface area contributed by atoms with Gasteiger partial charge in [0.2, 0.25) is 11.8 Å². The molecule has 0 unspecified atom stereocenters. The van der Waals surface area contributed by atoms with Crippen molar-refractivity contribution < 1.29 is 27.1 Å². The molecule has 0 bridgehead atoms. The Morgan fingerprint density at radius 1 is 0.884 bits per heavy atom. The molecule has 43 heavy (non-hydrogen) atoms. The normalized spacial score (nSPS) is 11.8. The van der Waals surface area contributed by atoms with Crippen molar-refractivity contribution in [2.24, 2.45) is 0 Å². The SMILES string of the molecule is CNC(=O)[C@H](Cc1ccccc1)N(Cc1cccc(C)c1)C(=O)CN(c1ccc(F)cc1)S(=O)(=O)c1ccc(OC)cc1. The summed E-state index contributed by atoms with van der Waals surface area (Å²) in [6, 6.07) is 26.5. The molecular formula is C33H34FN3O5S. The topological polar surface area (TPSA) is 96.0 Å². The van der Waals surface area contributed by atoms with Crippen molar-refractivity contribution in [1.82, 2.24) is 10.2 Å². The summed E-state index contributed by atoms with van der Waals surface area (Å²) in [7, 11) is -1.34. The van der Waals surface area contributed by atoms with Gasteiger partial charge < -0.3 is 15.0 Å². The third-order valence-corrected chi connectivity index (χ3v) is 8.78. The molecule has 1 atom stereocenters. The first-order valence-corrected chi connectivity index (χ1v) is 15.1. The molecule has 0 aliphatic carbocycles. The molecule has 0 aliphatic rings. The number of sulfonamides is 1. The number of benzene rings is 4. The summed E-state index contributed by atoms with van der Waals surface area (Å²) in [5.41, 5.74) is 2.68. The van der Waals surface area contributed by atoms with Crippen molar-refractivity contribution in [1.29, 1.82) is 0 Å². The van der Waals surface area contributed by atoms with Crippen molar-refractivity contribution in [2.75, 3.05) is 25.0 Å². The van der Waals surface area contributed by atoms with Gasteiger partial charge in [0, 0.05) is 20.0 Å². The molecule has 0 saturated heterocycles. The van der Waals surface area contributed by atoms with Gasteiger partial charge >= 0.3 is 0 Å². The Morgan fingerprint density at radius 2 is 1.53 bits per heavy atom. The second kappa shape index (κ2) is 14.0. The maximum atomic E-state index is 14.3. The highest BCUT2D eigenvalue weighted by Gasteiger charge is 2.34. The largest absolute Gasteiger partial charge is 0.497 e. The second-order valence-electron chi connectivity index (χ2n) is 9.99. The van der Waals surface area contributed by atoms with Crippen LogP contribution in [0.2, 0.25) is 0 Å². The number of anilines is 1. The van der Waals surface area contributed by atoms with Gasteiger partial charge in [0.1, 0.15) is 24.2 Å². The number of hydrogen-bond acceptors (Lipinski definition) is 5. The summed E-state index contributed by atoms with van der Waals surface area (Å²) in [4.78, 5) is 28.9. The minimum Gasteiger partial charge on any atom is -0.497 e. The summed E-state index contributed by atoms with van der Waals surface area (Å²) in [6.45, 7) is 1.35. The van der Waals surface area contributed by atoms with Gasteiger partial charge in [-0.05, 0) is 66.6 Å². The van der Waals surface area contributed by atoms with E-state index in [0.29, 0.717) is 5.75 Å². The predicted molar refractivity (Wildman–Crippen MR) is 164 cm³/mol. The van der Waals surface area contributed by atoms with E-state index in [1.54, 1.807) is 0 Å². The Hall–Kier alpha value is -4.70. The van der Waals surface area contributed by atoms with Crippen LogP contribution in [-0.2, 0) is 32.6 Å². The number of halogens is 1. The molecule has 0 fully saturated rings. The number of nitrogens with one attached hydrogen (secondary N) is 1. The molecule has 0 radical (unpaired) electrons.